The Morgan fingerprint density at radius 1 is 1.17 bits per heavy atom. The second kappa shape index (κ2) is 9.93. The first-order valence-electron chi connectivity index (χ1n) is 9.38. The van der Waals surface area contributed by atoms with Crippen LogP contribution in [0.25, 0.3) is 0 Å². The molecule has 1 aromatic heterocycles. The van der Waals surface area contributed by atoms with Gasteiger partial charge in [-0.25, -0.2) is 4.98 Å². The third-order valence-electron chi connectivity index (χ3n) is 4.19. The summed E-state index contributed by atoms with van der Waals surface area (Å²) in [5.74, 6) is 0.540. The molecule has 7 heteroatoms. The van der Waals surface area contributed by atoms with Gasteiger partial charge in [0.05, 0.1) is 10.9 Å². The molecule has 0 fully saturated rings. The van der Waals surface area contributed by atoms with Crippen LogP contribution in [-0.4, -0.2) is 21.1 Å². The Bertz CT molecular complexity index is 1000. The maximum atomic E-state index is 12.5. The molecule has 0 saturated carbocycles. The number of carbonyl (C=O) groups excluding carboxylic acids is 1. The first kappa shape index (κ1) is 20.7. The van der Waals surface area contributed by atoms with E-state index >= 15 is 0 Å². The Morgan fingerprint density at radius 2 is 1.90 bits per heavy atom. The number of anilines is 1. The van der Waals surface area contributed by atoms with E-state index in [0.29, 0.717) is 16.6 Å². The molecular formula is C22H23N3O3S. The van der Waals surface area contributed by atoms with Crippen LogP contribution in [0.2, 0.25) is 0 Å². The Morgan fingerprint density at radius 3 is 2.59 bits per heavy atom. The van der Waals surface area contributed by atoms with Gasteiger partial charge in [0.2, 0.25) is 5.91 Å². The lowest BCUT2D eigenvalue weighted by atomic mass is 10.1. The van der Waals surface area contributed by atoms with E-state index in [9.17, 15) is 9.59 Å². The molecule has 1 heterocycles. The molecule has 2 N–H and O–H groups in total. The maximum absolute atomic E-state index is 12.5. The fourth-order valence-electron chi connectivity index (χ4n) is 2.58. The second-order valence-electron chi connectivity index (χ2n) is 6.44. The van der Waals surface area contributed by atoms with Crippen LogP contribution in [-0.2, 0) is 17.8 Å². The number of thioether (sulfide) groups is 1. The van der Waals surface area contributed by atoms with Crippen molar-refractivity contribution in [2.45, 2.75) is 37.3 Å². The van der Waals surface area contributed by atoms with Crippen molar-refractivity contribution in [2.75, 3.05) is 5.32 Å². The number of rotatable bonds is 8. The van der Waals surface area contributed by atoms with Crippen LogP contribution in [0.1, 0.15) is 25.1 Å². The van der Waals surface area contributed by atoms with E-state index in [1.54, 1.807) is 6.92 Å². The van der Waals surface area contributed by atoms with E-state index in [4.69, 9.17) is 4.74 Å². The molecule has 1 unspecified atom stereocenters. The predicted octanol–water partition coefficient (Wildman–Crippen LogP) is 4.03. The highest BCUT2D eigenvalue weighted by molar-refractivity contribution is 8.00. The average Bonchev–Trinajstić information content (AvgIpc) is 2.73. The molecule has 0 saturated heterocycles. The number of nitrogens with one attached hydrogen (secondary N) is 2. The van der Waals surface area contributed by atoms with Crippen LogP contribution >= 0.6 is 11.8 Å². The van der Waals surface area contributed by atoms with Crippen LogP contribution < -0.4 is 15.6 Å². The van der Waals surface area contributed by atoms with Crippen LogP contribution in [0.4, 0.5) is 5.69 Å². The number of H-pyrrole nitrogens is 1. The van der Waals surface area contributed by atoms with Crippen molar-refractivity contribution in [3.05, 3.63) is 82.3 Å². The SMILES string of the molecule is CCc1ccc(NC(=O)C(C)Sc2nc(COc3ccccc3)cc(=O)[nH]2)cc1. The van der Waals surface area contributed by atoms with Crippen molar-refractivity contribution in [1.82, 2.24) is 9.97 Å². The van der Waals surface area contributed by atoms with Crippen molar-refractivity contribution >= 4 is 23.4 Å². The summed E-state index contributed by atoms with van der Waals surface area (Å²) in [5, 5.41) is 2.83. The highest BCUT2D eigenvalue weighted by atomic mass is 32.2. The van der Waals surface area contributed by atoms with Gasteiger partial charge in [0.1, 0.15) is 12.4 Å². The average molecular weight is 410 g/mol. The van der Waals surface area contributed by atoms with Crippen molar-refractivity contribution in [3.8, 4) is 5.75 Å². The lowest BCUT2D eigenvalue weighted by Gasteiger charge is -2.12. The van der Waals surface area contributed by atoms with Crippen molar-refractivity contribution in [2.24, 2.45) is 0 Å². The summed E-state index contributed by atoms with van der Waals surface area (Å²) in [6, 6.07) is 18.5. The molecule has 3 rings (SSSR count). The number of hydrogen-bond donors (Lipinski definition) is 2. The lowest BCUT2D eigenvalue weighted by Crippen LogP contribution is -2.23. The van der Waals surface area contributed by atoms with Gasteiger partial charge in [-0.15, -0.1) is 0 Å². The van der Waals surface area contributed by atoms with Crippen LogP contribution in [0.15, 0.2) is 70.6 Å². The van der Waals surface area contributed by atoms with Crippen LogP contribution in [0, 0.1) is 0 Å². The molecule has 1 atom stereocenters. The minimum absolute atomic E-state index is 0.159. The van der Waals surface area contributed by atoms with E-state index in [-0.39, 0.29) is 18.1 Å². The van der Waals surface area contributed by atoms with Crippen LogP contribution in [0.5, 0.6) is 5.75 Å². The number of ether oxygens (including phenoxy) is 1. The number of nitrogens with zero attached hydrogens (tertiary/aromatic N) is 1. The first-order valence-corrected chi connectivity index (χ1v) is 10.3. The molecule has 0 bridgehead atoms. The van der Waals surface area contributed by atoms with Gasteiger partial charge < -0.3 is 15.0 Å². The summed E-state index contributed by atoms with van der Waals surface area (Å²) >= 11 is 1.19. The topological polar surface area (TPSA) is 84.1 Å². The van der Waals surface area contributed by atoms with Crippen LogP contribution in [0.3, 0.4) is 0 Å². The fraction of sp³-hybridized carbons (Fsp3) is 0.227. The van der Waals surface area contributed by atoms with Crippen molar-refractivity contribution < 1.29 is 9.53 Å². The monoisotopic (exact) mass is 409 g/mol. The Hall–Kier alpha value is -3.06. The number of amides is 1. The molecule has 2 aromatic carbocycles. The van der Waals surface area contributed by atoms with Gasteiger partial charge in [0.25, 0.3) is 5.56 Å². The fourth-order valence-corrected chi connectivity index (χ4v) is 3.41. The number of para-hydroxylation sites is 1. The zero-order chi connectivity index (χ0) is 20.6. The van der Waals surface area contributed by atoms with Gasteiger partial charge in [-0.1, -0.05) is 49.0 Å². The summed E-state index contributed by atoms with van der Waals surface area (Å²) in [4.78, 5) is 31.5. The lowest BCUT2D eigenvalue weighted by molar-refractivity contribution is -0.115. The summed E-state index contributed by atoms with van der Waals surface area (Å²) < 4.78 is 5.65. The molecule has 0 aliphatic heterocycles. The summed E-state index contributed by atoms with van der Waals surface area (Å²) in [6.45, 7) is 4.03. The van der Waals surface area contributed by atoms with Gasteiger partial charge in [0.15, 0.2) is 5.16 Å². The minimum Gasteiger partial charge on any atom is -0.487 e. The highest BCUT2D eigenvalue weighted by Gasteiger charge is 2.16. The van der Waals surface area contributed by atoms with Gasteiger partial charge >= 0.3 is 0 Å². The largest absolute Gasteiger partial charge is 0.487 e. The normalized spacial score (nSPS) is 11.7. The maximum Gasteiger partial charge on any atom is 0.251 e. The van der Waals surface area contributed by atoms with Gasteiger partial charge in [-0.2, -0.15) is 0 Å². The van der Waals surface area contributed by atoms with E-state index in [1.165, 1.54) is 23.4 Å². The van der Waals surface area contributed by atoms with E-state index in [0.717, 1.165) is 12.1 Å². The van der Waals surface area contributed by atoms with E-state index in [1.807, 2.05) is 54.6 Å². The Labute approximate surface area is 173 Å². The molecule has 3 aromatic rings. The van der Waals surface area contributed by atoms with Crippen molar-refractivity contribution in [1.29, 1.82) is 0 Å². The van der Waals surface area contributed by atoms with Gasteiger partial charge in [0, 0.05) is 11.8 Å². The summed E-state index contributed by atoms with van der Waals surface area (Å²) in [5.41, 5.74) is 2.17. The number of aryl methyl sites for hydroxylation is 1. The summed E-state index contributed by atoms with van der Waals surface area (Å²) in [7, 11) is 0. The van der Waals surface area contributed by atoms with E-state index in [2.05, 4.69) is 22.2 Å². The standard InChI is InChI=1S/C22H23N3O3S/c1-3-16-9-11-17(12-10-16)23-21(27)15(2)29-22-24-18(13-20(26)25-22)14-28-19-7-5-4-6-8-19/h4-13,15H,3,14H2,1-2H3,(H,23,27)(H,24,25,26). The molecule has 0 radical (unpaired) electrons. The van der Waals surface area contributed by atoms with Gasteiger partial charge in [-0.05, 0) is 43.2 Å². The van der Waals surface area contributed by atoms with Crippen molar-refractivity contribution in [3.63, 3.8) is 0 Å². The molecule has 150 valence electrons. The molecule has 0 aliphatic carbocycles. The molecule has 6 nitrogen and oxygen atoms in total. The predicted molar refractivity (Wildman–Crippen MR) is 115 cm³/mol. The molecule has 0 spiro atoms. The number of carbonyl (C=O) groups is 1. The third-order valence-corrected chi connectivity index (χ3v) is 5.17. The highest BCUT2D eigenvalue weighted by Crippen LogP contribution is 2.21. The third kappa shape index (κ3) is 6.22. The second-order valence-corrected chi connectivity index (χ2v) is 7.77. The van der Waals surface area contributed by atoms with Gasteiger partial charge in [-0.3, -0.25) is 9.59 Å². The number of hydrogen-bond acceptors (Lipinski definition) is 5. The Kier molecular flexibility index (Phi) is 7.08. The zero-order valence-corrected chi connectivity index (χ0v) is 17.2. The summed E-state index contributed by atoms with van der Waals surface area (Å²) in [6.07, 6.45) is 0.948. The smallest absolute Gasteiger partial charge is 0.251 e. The van der Waals surface area contributed by atoms with E-state index < -0.39 is 5.25 Å². The number of aromatic amines is 1. The number of aromatic nitrogens is 2. The molecule has 29 heavy (non-hydrogen) atoms. The first-order chi connectivity index (χ1) is 14.0. The molecule has 0 aliphatic rings. The quantitative estimate of drug-likeness (QED) is 0.433. The molecular weight excluding hydrogens is 386 g/mol. The zero-order valence-electron chi connectivity index (χ0n) is 16.3. The number of benzene rings is 2. The molecule has 1 amide bonds. The minimum atomic E-state index is -0.436. The Balaban J connectivity index is 1.61.